The second-order valence-electron chi connectivity index (χ2n) is 4.80. The first kappa shape index (κ1) is 12.2. The summed E-state index contributed by atoms with van der Waals surface area (Å²) < 4.78 is 11.5. The predicted octanol–water partition coefficient (Wildman–Crippen LogP) is 3.19. The molecule has 0 aliphatic carbocycles. The van der Waals surface area contributed by atoms with Gasteiger partial charge in [0.1, 0.15) is 6.10 Å². The maximum absolute atomic E-state index is 6.23. The lowest BCUT2D eigenvalue weighted by molar-refractivity contribution is 0.146. The Morgan fingerprint density at radius 3 is 2.50 bits per heavy atom. The molecule has 1 aliphatic heterocycles. The Kier molecular flexibility index (Phi) is 4.61. The molecule has 14 heavy (non-hydrogen) atoms. The number of ether oxygens (including phenoxy) is 1. The van der Waals surface area contributed by atoms with Gasteiger partial charge in [-0.1, -0.05) is 26.7 Å². The quantitative estimate of drug-likeness (QED) is 0.481. The summed E-state index contributed by atoms with van der Waals surface area (Å²) in [6.07, 6.45) is 4.45. The SMILES string of the molecule is CCCC[Si](C)(C)O[C@H](CC)[C@H]1CO1. The van der Waals surface area contributed by atoms with Crippen LogP contribution in [0.4, 0.5) is 0 Å². The molecule has 0 unspecified atom stereocenters. The second kappa shape index (κ2) is 5.28. The Morgan fingerprint density at radius 1 is 1.43 bits per heavy atom. The van der Waals surface area contributed by atoms with E-state index < -0.39 is 8.32 Å². The van der Waals surface area contributed by atoms with E-state index in [2.05, 4.69) is 26.9 Å². The molecule has 84 valence electrons. The molecule has 2 atom stereocenters. The zero-order valence-electron chi connectivity index (χ0n) is 10.0. The molecule has 1 aliphatic rings. The number of hydrogen-bond donors (Lipinski definition) is 0. The highest BCUT2D eigenvalue weighted by molar-refractivity contribution is 6.71. The molecular formula is C11H24O2Si. The summed E-state index contributed by atoms with van der Waals surface area (Å²) in [6, 6.07) is 1.28. The van der Waals surface area contributed by atoms with Crippen LogP contribution in [0.1, 0.15) is 33.1 Å². The third kappa shape index (κ3) is 4.11. The minimum atomic E-state index is -1.41. The fourth-order valence-corrected chi connectivity index (χ4v) is 4.22. The van der Waals surface area contributed by atoms with E-state index in [1.54, 1.807) is 0 Å². The van der Waals surface area contributed by atoms with E-state index in [9.17, 15) is 0 Å². The first-order chi connectivity index (χ1) is 6.59. The molecular weight excluding hydrogens is 192 g/mol. The van der Waals surface area contributed by atoms with Crippen LogP contribution >= 0.6 is 0 Å². The van der Waals surface area contributed by atoms with Crippen LogP contribution in [0.25, 0.3) is 0 Å². The zero-order valence-corrected chi connectivity index (χ0v) is 11.0. The summed E-state index contributed by atoms with van der Waals surface area (Å²) in [4.78, 5) is 0. The number of epoxide rings is 1. The molecule has 0 aromatic rings. The third-order valence-corrected chi connectivity index (χ3v) is 5.28. The molecule has 0 spiro atoms. The monoisotopic (exact) mass is 216 g/mol. The van der Waals surface area contributed by atoms with E-state index >= 15 is 0 Å². The Labute approximate surface area is 89.1 Å². The van der Waals surface area contributed by atoms with Gasteiger partial charge < -0.3 is 9.16 Å². The molecule has 0 radical (unpaired) electrons. The van der Waals surface area contributed by atoms with Crippen molar-refractivity contribution in [2.75, 3.05) is 6.61 Å². The van der Waals surface area contributed by atoms with Crippen LogP contribution in [0.5, 0.6) is 0 Å². The molecule has 0 saturated carbocycles. The van der Waals surface area contributed by atoms with Crippen LogP contribution in [-0.4, -0.2) is 27.1 Å². The van der Waals surface area contributed by atoms with Gasteiger partial charge in [-0.15, -0.1) is 0 Å². The van der Waals surface area contributed by atoms with Crippen LogP contribution in [0.15, 0.2) is 0 Å². The lowest BCUT2D eigenvalue weighted by atomic mass is 10.2. The molecule has 0 amide bonds. The standard InChI is InChI=1S/C11H24O2Si/c1-5-7-8-14(3,4)13-10(6-2)11-9-12-11/h10-11H,5-9H2,1-4H3/t10-,11-/m1/s1. The normalized spacial score (nSPS) is 23.6. The van der Waals surface area contributed by atoms with Crippen molar-refractivity contribution in [1.82, 2.24) is 0 Å². The van der Waals surface area contributed by atoms with Crippen molar-refractivity contribution in [3.8, 4) is 0 Å². The first-order valence-electron chi connectivity index (χ1n) is 5.88. The Bertz CT molecular complexity index is 167. The second-order valence-corrected chi connectivity index (χ2v) is 9.05. The predicted molar refractivity (Wildman–Crippen MR) is 62.1 cm³/mol. The average molecular weight is 216 g/mol. The van der Waals surface area contributed by atoms with Crippen LogP contribution in [-0.2, 0) is 9.16 Å². The van der Waals surface area contributed by atoms with E-state index in [0.29, 0.717) is 12.2 Å². The van der Waals surface area contributed by atoms with Gasteiger partial charge in [-0.3, -0.25) is 0 Å². The molecule has 0 bridgehead atoms. The van der Waals surface area contributed by atoms with Gasteiger partial charge in [-0.25, -0.2) is 0 Å². The van der Waals surface area contributed by atoms with E-state index in [1.165, 1.54) is 18.9 Å². The zero-order chi connectivity index (χ0) is 10.6. The molecule has 0 N–H and O–H groups in total. The van der Waals surface area contributed by atoms with Crippen molar-refractivity contribution in [3.63, 3.8) is 0 Å². The highest BCUT2D eigenvalue weighted by atomic mass is 28.4. The summed E-state index contributed by atoms with van der Waals surface area (Å²) in [6.45, 7) is 10.0. The van der Waals surface area contributed by atoms with E-state index in [-0.39, 0.29) is 0 Å². The number of unbranched alkanes of at least 4 members (excludes halogenated alkanes) is 1. The Hall–Kier alpha value is 0.137. The molecule has 2 nitrogen and oxygen atoms in total. The van der Waals surface area contributed by atoms with Crippen LogP contribution in [0.3, 0.4) is 0 Å². The minimum Gasteiger partial charge on any atom is -0.412 e. The molecule has 1 rings (SSSR count). The van der Waals surface area contributed by atoms with Gasteiger partial charge in [0.15, 0.2) is 8.32 Å². The van der Waals surface area contributed by atoms with Crippen molar-refractivity contribution < 1.29 is 9.16 Å². The Morgan fingerprint density at radius 2 is 2.07 bits per heavy atom. The first-order valence-corrected chi connectivity index (χ1v) is 9.00. The summed E-state index contributed by atoms with van der Waals surface area (Å²) in [5.74, 6) is 0. The van der Waals surface area contributed by atoms with Gasteiger partial charge in [0.25, 0.3) is 0 Å². The fraction of sp³-hybridized carbons (Fsp3) is 1.00. The van der Waals surface area contributed by atoms with Gasteiger partial charge in [0, 0.05) is 0 Å². The maximum atomic E-state index is 6.23. The summed E-state index contributed by atoms with van der Waals surface area (Å²) in [7, 11) is -1.41. The van der Waals surface area contributed by atoms with E-state index in [4.69, 9.17) is 9.16 Å². The third-order valence-electron chi connectivity index (χ3n) is 2.78. The number of rotatable bonds is 7. The van der Waals surface area contributed by atoms with Crippen LogP contribution in [0.2, 0.25) is 19.1 Å². The Balaban J connectivity index is 2.30. The average Bonchev–Trinajstić information content (AvgIpc) is 2.94. The van der Waals surface area contributed by atoms with Crippen molar-refractivity contribution in [2.45, 2.75) is 64.5 Å². The lowest BCUT2D eigenvalue weighted by Gasteiger charge is -2.28. The topological polar surface area (TPSA) is 21.8 Å². The van der Waals surface area contributed by atoms with E-state index in [0.717, 1.165) is 13.0 Å². The van der Waals surface area contributed by atoms with Gasteiger partial charge in [-0.2, -0.15) is 0 Å². The fourth-order valence-electron chi connectivity index (χ4n) is 1.76. The van der Waals surface area contributed by atoms with Gasteiger partial charge in [0.05, 0.1) is 12.7 Å². The molecule has 0 aromatic carbocycles. The van der Waals surface area contributed by atoms with Gasteiger partial charge in [-0.05, 0) is 25.6 Å². The molecule has 1 heterocycles. The van der Waals surface area contributed by atoms with Crippen LogP contribution in [0, 0.1) is 0 Å². The molecule has 1 saturated heterocycles. The molecule has 1 fully saturated rings. The van der Waals surface area contributed by atoms with Gasteiger partial charge >= 0.3 is 0 Å². The highest BCUT2D eigenvalue weighted by Crippen LogP contribution is 2.25. The molecule has 3 heteroatoms. The maximum Gasteiger partial charge on any atom is 0.187 e. The molecule has 0 aromatic heterocycles. The van der Waals surface area contributed by atoms with Crippen molar-refractivity contribution in [2.24, 2.45) is 0 Å². The number of hydrogen-bond acceptors (Lipinski definition) is 2. The minimum absolute atomic E-state index is 0.369. The van der Waals surface area contributed by atoms with Crippen molar-refractivity contribution >= 4 is 8.32 Å². The summed E-state index contributed by atoms with van der Waals surface area (Å²) >= 11 is 0. The smallest absolute Gasteiger partial charge is 0.187 e. The lowest BCUT2D eigenvalue weighted by Crippen LogP contribution is -2.37. The highest BCUT2D eigenvalue weighted by Gasteiger charge is 2.36. The van der Waals surface area contributed by atoms with Crippen molar-refractivity contribution in [3.05, 3.63) is 0 Å². The summed E-state index contributed by atoms with van der Waals surface area (Å²) in [5, 5.41) is 0. The van der Waals surface area contributed by atoms with Crippen molar-refractivity contribution in [1.29, 1.82) is 0 Å². The van der Waals surface area contributed by atoms with Gasteiger partial charge in [0.2, 0.25) is 0 Å². The van der Waals surface area contributed by atoms with Crippen LogP contribution < -0.4 is 0 Å². The largest absolute Gasteiger partial charge is 0.412 e. The van der Waals surface area contributed by atoms with E-state index in [1.807, 2.05) is 0 Å². The summed E-state index contributed by atoms with van der Waals surface area (Å²) in [5.41, 5.74) is 0.